The molecule has 1 unspecified atom stereocenters. The Morgan fingerprint density at radius 1 is 0.938 bits per heavy atom. The molecule has 2 heterocycles. The van der Waals surface area contributed by atoms with Gasteiger partial charge in [0.25, 0.3) is 5.91 Å². The van der Waals surface area contributed by atoms with Crippen LogP contribution in [-0.4, -0.2) is 55.6 Å². The van der Waals surface area contributed by atoms with Crippen LogP contribution >= 0.6 is 0 Å². The highest BCUT2D eigenvalue weighted by Crippen LogP contribution is 2.30. The van der Waals surface area contributed by atoms with Gasteiger partial charge in [-0.1, -0.05) is 42.5 Å². The summed E-state index contributed by atoms with van der Waals surface area (Å²) in [6.07, 6.45) is 9.07. The van der Waals surface area contributed by atoms with Crippen molar-refractivity contribution in [3.8, 4) is 0 Å². The lowest BCUT2D eigenvalue weighted by Crippen LogP contribution is -2.44. The standard InChI is InChI=1S/C37H44N6O4S/c1-26(30-12-9-16-38-23-30)42-37(45)32-18-31(20-35(21-32)43(48(3,46)47)25-29-10-5-4-6-11-29)33(19-34-13-7-8-17-39-34)24-40-27(2)36(44)41-22-28-14-15-28/h4-13,16-18,20-21,23,26-28,33,40H,14-15,19,22,24-25H2,1-3H3,(H,41,44)(H,42,45)/t26?,27-,33-/m0/s1. The van der Waals surface area contributed by atoms with Crippen molar-refractivity contribution in [3.05, 3.63) is 125 Å². The van der Waals surface area contributed by atoms with E-state index in [-0.39, 0.29) is 30.3 Å². The summed E-state index contributed by atoms with van der Waals surface area (Å²) in [6.45, 7) is 4.88. The number of carbonyl (C=O) groups excluding carboxylic acids is 2. The lowest BCUT2D eigenvalue weighted by molar-refractivity contribution is -0.122. The highest BCUT2D eigenvalue weighted by Gasteiger charge is 2.26. The second kappa shape index (κ2) is 16.0. The molecule has 1 saturated carbocycles. The van der Waals surface area contributed by atoms with Crippen molar-refractivity contribution in [3.63, 3.8) is 0 Å². The van der Waals surface area contributed by atoms with Crippen LogP contribution in [0.25, 0.3) is 0 Å². The van der Waals surface area contributed by atoms with Crippen LogP contribution in [-0.2, 0) is 27.8 Å². The fourth-order valence-electron chi connectivity index (χ4n) is 5.50. The van der Waals surface area contributed by atoms with Gasteiger partial charge in [-0.25, -0.2) is 8.42 Å². The molecule has 5 rings (SSSR count). The van der Waals surface area contributed by atoms with Gasteiger partial charge < -0.3 is 16.0 Å². The van der Waals surface area contributed by atoms with Crippen LogP contribution in [0, 0.1) is 5.92 Å². The number of sulfonamides is 1. The molecule has 0 aliphatic heterocycles. The van der Waals surface area contributed by atoms with E-state index >= 15 is 0 Å². The average molecular weight is 669 g/mol. The molecule has 0 radical (unpaired) electrons. The van der Waals surface area contributed by atoms with E-state index in [1.807, 2.05) is 86.6 Å². The number of hydrogen-bond acceptors (Lipinski definition) is 7. The van der Waals surface area contributed by atoms with Gasteiger partial charge in [-0.3, -0.25) is 23.9 Å². The van der Waals surface area contributed by atoms with Gasteiger partial charge in [-0.2, -0.15) is 0 Å². The van der Waals surface area contributed by atoms with E-state index < -0.39 is 16.1 Å². The molecule has 2 aromatic carbocycles. The van der Waals surface area contributed by atoms with Gasteiger partial charge in [-0.05, 0) is 92.1 Å². The third kappa shape index (κ3) is 9.95. The van der Waals surface area contributed by atoms with Crippen molar-refractivity contribution in [2.24, 2.45) is 5.92 Å². The second-order valence-corrected chi connectivity index (χ2v) is 14.5. The monoisotopic (exact) mass is 668 g/mol. The molecular formula is C37H44N6O4S. The molecule has 48 heavy (non-hydrogen) atoms. The Bertz CT molecular complexity index is 1770. The number of carbonyl (C=O) groups is 2. The van der Waals surface area contributed by atoms with Crippen LogP contribution in [0.3, 0.4) is 0 Å². The highest BCUT2D eigenvalue weighted by molar-refractivity contribution is 7.92. The quantitative estimate of drug-likeness (QED) is 0.157. The Labute approximate surface area is 283 Å². The number of nitrogens with one attached hydrogen (secondary N) is 3. The lowest BCUT2D eigenvalue weighted by Gasteiger charge is -2.27. The Morgan fingerprint density at radius 3 is 2.38 bits per heavy atom. The van der Waals surface area contributed by atoms with Gasteiger partial charge >= 0.3 is 0 Å². The molecule has 2 amide bonds. The van der Waals surface area contributed by atoms with Gasteiger partial charge in [0, 0.05) is 48.9 Å². The molecule has 1 fully saturated rings. The molecule has 0 bridgehead atoms. The number of nitrogens with zero attached hydrogens (tertiary/aromatic N) is 3. The zero-order valence-corrected chi connectivity index (χ0v) is 28.5. The smallest absolute Gasteiger partial charge is 0.251 e. The van der Waals surface area contributed by atoms with Gasteiger partial charge in [-0.15, -0.1) is 0 Å². The molecule has 1 aliphatic rings. The molecule has 2 aromatic heterocycles. The van der Waals surface area contributed by atoms with E-state index in [9.17, 15) is 18.0 Å². The maximum atomic E-state index is 13.9. The molecular weight excluding hydrogens is 625 g/mol. The van der Waals surface area contributed by atoms with Gasteiger partial charge in [0.1, 0.15) is 0 Å². The number of rotatable bonds is 16. The predicted molar refractivity (Wildman–Crippen MR) is 188 cm³/mol. The maximum Gasteiger partial charge on any atom is 0.251 e. The van der Waals surface area contributed by atoms with Crippen molar-refractivity contribution < 1.29 is 18.0 Å². The zero-order chi connectivity index (χ0) is 34.1. The Kier molecular flexibility index (Phi) is 11.6. The summed E-state index contributed by atoms with van der Waals surface area (Å²) in [7, 11) is -3.76. The minimum atomic E-state index is -3.76. The summed E-state index contributed by atoms with van der Waals surface area (Å²) in [4.78, 5) is 35.4. The Hall–Kier alpha value is -4.61. The van der Waals surface area contributed by atoms with E-state index in [0.717, 1.165) is 35.2 Å². The van der Waals surface area contributed by atoms with Crippen molar-refractivity contribution in [2.45, 2.75) is 57.7 Å². The first-order valence-electron chi connectivity index (χ1n) is 16.3. The summed E-state index contributed by atoms with van der Waals surface area (Å²) in [5.41, 5.74) is 3.93. The molecule has 0 spiro atoms. The summed E-state index contributed by atoms with van der Waals surface area (Å²) in [5, 5.41) is 9.47. The largest absolute Gasteiger partial charge is 0.354 e. The molecule has 11 heteroatoms. The van der Waals surface area contributed by atoms with Crippen LogP contribution in [0.5, 0.6) is 0 Å². The van der Waals surface area contributed by atoms with Gasteiger partial charge in [0.2, 0.25) is 15.9 Å². The van der Waals surface area contributed by atoms with Crippen LogP contribution in [0.4, 0.5) is 5.69 Å². The molecule has 1 aliphatic carbocycles. The highest BCUT2D eigenvalue weighted by atomic mass is 32.2. The first kappa shape index (κ1) is 34.7. The molecule has 4 aromatic rings. The maximum absolute atomic E-state index is 13.9. The SMILES string of the molecule is CC(NC(=O)c1cc([C@H](CN[C@@H](C)C(=O)NCC2CC2)Cc2ccccn2)cc(N(Cc2ccccc2)S(C)(=O)=O)c1)c1cccnc1. The number of anilines is 1. The minimum Gasteiger partial charge on any atom is -0.354 e. The lowest BCUT2D eigenvalue weighted by atomic mass is 9.91. The number of benzene rings is 2. The molecule has 252 valence electrons. The van der Waals surface area contributed by atoms with Crippen molar-refractivity contribution in [1.29, 1.82) is 0 Å². The molecule has 10 nitrogen and oxygen atoms in total. The Morgan fingerprint density at radius 2 is 1.71 bits per heavy atom. The van der Waals surface area contributed by atoms with Gasteiger partial charge in [0.05, 0.1) is 30.6 Å². The number of hydrogen-bond donors (Lipinski definition) is 3. The van der Waals surface area contributed by atoms with Gasteiger partial charge in [0.15, 0.2) is 0 Å². The van der Waals surface area contributed by atoms with E-state index in [0.29, 0.717) is 36.7 Å². The summed E-state index contributed by atoms with van der Waals surface area (Å²) in [6, 6.07) is 23.2. The topological polar surface area (TPSA) is 133 Å². The summed E-state index contributed by atoms with van der Waals surface area (Å²) < 4.78 is 27.9. The number of amides is 2. The minimum absolute atomic E-state index is 0.0668. The first-order valence-corrected chi connectivity index (χ1v) is 18.2. The van der Waals surface area contributed by atoms with Crippen LogP contribution in [0.1, 0.15) is 71.4 Å². The molecule has 3 atom stereocenters. The van der Waals surface area contributed by atoms with Crippen LogP contribution in [0.15, 0.2) is 97.5 Å². The fraction of sp³-hybridized carbons (Fsp3) is 0.351. The van der Waals surface area contributed by atoms with E-state index in [4.69, 9.17) is 0 Å². The fourth-order valence-corrected chi connectivity index (χ4v) is 6.37. The van der Waals surface area contributed by atoms with E-state index in [1.165, 1.54) is 10.6 Å². The summed E-state index contributed by atoms with van der Waals surface area (Å²) >= 11 is 0. The molecule has 0 saturated heterocycles. The second-order valence-electron chi connectivity index (χ2n) is 12.6. The van der Waals surface area contributed by atoms with Crippen molar-refractivity contribution in [2.75, 3.05) is 23.7 Å². The van der Waals surface area contributed by atoms with E-state index in [1.54, 1.807) is 24.7 Å². The predicted octanol–water partition coefficient (Wildman–Crippen LogP) is 4.76. The Balaban J connectivity index is 1.51. The molecule has 3 N–H and O–H groups in total. The van der Waals surface area contributed by atoms with Crippen molar-refractivity contribution >= 4 is 27.5 Å². The average Bonchev–Trinajstić information content (AvgIpc) is 3.93. The van der Waals surface area contributed by atoms with Crippen LogP contribution in [0.2, 0.25) is 0 Å². The van der Waals surface area contributed by atoms with Crippen molar-refractivity contribution in [1.82, 2.24) is 25.9 Å². The first-order chi connectivity index (χ1) is 23.1. The van der Waals surface area contributed by atoms with Crippen LogP contribution < -0.4 is 20.3 Å². The zero-order valence-electron chi connectivity index (χ0n) is 27.7. The third-order valence-electron chi connectivity index (χ3n) is 8.57. The number of aromatic nitrogens is 2. The normalized spacial score (nSPS) is 14.8. The van der Waals surface area contributed by atoms with E-state index in [2.05, 4.69) is 25.9 Å². The summed E-state index contributed by atoms with van der Waals surface area (Å²) in [5.74, 6) is -0.0957. The number of pyridine rings is 2. The third-order valence-corrected chi connectivity index (χ3v) is 9.71.